The number of benzene rings is 1. The molecule has 0 spiro atoms. The van der Waals surface area contributed by atoms with Crippen molar-refractivity contribution >= 4 is 11.6 Å². The number of nitrogens with zero attached hydrogens (tertiary/aromatic N) is 1. The minimum absolute atomic E-state index is 0.151. The van der Waals surface area contributed by atoms with Gasteiger partial charge in [0.1, 0.15) is 11.8 Å². The van der Waals surface area contributed by atoms with E-state index in [1.807, 2.05) is 32.1 Å². The molecule has 4 nitrogen and oxygen atoms in total. The maximum atomic E-state index is 11.8. The fourth-order valence-corrected chi connectivity index (χ4v) is 1.59. The van der Waals surface area contributed by atoms with Gasteiger partial charge in [-0.25, -0.2) is 0 Å². The molecular formula is C16H18N2O2. The first-order valence-electron chi connectivity index (χ1n) is 6.17. The molecule has 0 aliphatic rings. The Labute approximate surface area is 119 Å². The summed E-state index contributed by atoms with van der Waals surface area (Å²) in [5, 5.41) is 20.6. The third-order valence-electron chi connectivity index (χ3n) is 3.10. The molecule has 0 aromatic heterocycles. The van der Waals surface area contributed by atoms with Crippen LogP contribution in [-0.2, 0) is 10.2 Å². The Kier molecular flexibility index (Phi) is 4.71. The Hall–Kier alpha value is -2.54. The summed E-state index contributed by atoms with van der Waals surface area (Å²) >= 11 is 0. The van der Waals surface area contributed by atoms with E-state index < -0.39 is 5.91 Å². The highest BCUT2D eigenvalue weighted by Crippen LogP contribution is 2.25. The molecule has 0 fully saturated rings. The number of nitriles is 1. The number of nitrogens with one attached hydrogen (secondary N) is 1. The van der Waals surface area contributed by atoms with Gasteiger partial charge in [-0.3, -0.25) is 4.79 Å². The summed E-state index contributed by atoms with van der Waals surface area (Å²) in [7, 11) is 0. The predicted octanol–water partition coefficient (Wildman–Crippen LogP) is 3.44. The van der Waals surface area contributed by atoms with Crippen molar-refractivity contribution in [2.45, 2.75) is 26.2 Å². The number of carbonyl (C=O) groups is 1. The van der Waals surface area contributed by atoms with Gasteiger partial charge in [0, 0.05) is 11.1 Å². The number of allylic oxidation sites excluding steroid dienone is 2. The van der Waals surface area contributed by atoms with Crippen LogP contribution in [0.1, 0.15) is 26.3 Å². The molecular weight excluding hydrogens is 252 g/mol. The van der Waals surface area contributed by atoms with Crippen LogP contribution >= 0.6 is 0 Å². The average molecular weight is 270 g/mol. The lowest BCUT2D eigenvalue weighted by Gasteiger charge is -2.20. The van der Waals surface area contributed by atoms with Crippen LogP contribution < -0.4 is 5.32 Å². The molecule has 1 aromatic rings. The molecule has 0 saturated carbocycles. The van der Waals surface area contributed by atoms with Gasteiger partial charge in [-0.15, -0.1) is 6.58 Å². The summed E-state index contributed by atoms with van der Waals surface area (Å²) in [4.78, 5) is 11.8. The number of carbonyl (C=O) groups excluding carboxylic acids is 1. The van der Waals surface area contributed by atoms with E-state index in [0.717, 1.165) is 5.56 Å². The molecule has 1 aromatic carbocycles. The highest BCUT2D eigenvalue weighted by molar-refractivity contribution is 6.06. The topological polar surface area (TPSA) is 73.1 Å². The molecule has 1 amide bonds. The van der Waals surface area contributed by atoms with Gasteiger partial charge in [-0.1, -0.05) is 32.1 Å². The maximum absolute atomic E-state index is 11.8. The molecule has 2 N–H and O–H groups in total. The highest BCUT2D eigenvalue weighted by Gasteiger charge is 2.16. The fourth-order valence-electron chi connectivity index (χ4n) is 1.59. The molecule has 0 bridgehead atoms. The number of anilines is 1. The number of aliphatic hydroxyl groups excluding tert-OH is 1. The molecule has 20 heavy (non-hydrogen) atoms. The summed E-state index contributed by atoms with van der Waals surface area (Å²) in [5.74, 6) is -0.919. The van der Waals surface area contributed by atoms with E-state index in [0.29, 0.717) is 5.69 Å². The molecule has 104 valence electrons. The summed E-state index contributed by atoms with van der Waals surface area (Å²) in [6.07, 6.45) is 1.85. The lowest BCUT2D eigenvalue weighted by Crippen LogP contribution is -2.16. The van der Waals surface area contributed by atoms with Crippen molar-refractivity contribution in [2.75, 3.05) is 5.32 Å². The molecule has 1 rings (SSSR count). The van der Waals surface area contributed by atoms with E-state index in [1.165, 1.54) is 6.92 Å². The van der Waals surface area contributed by atoms with Crippen LogP contribution in [0.2, 0.25) is 0 Å². The summed E-state index contributed by atoms with van der Waals surface area (Å²) in [6.45, 7) is 9.17. The monoisotopic (exact) mass is 270 g/mol. The van der Waals surface area contributed by atoms with Gasteiger partial charge in [0.2, 0.25) is 0 Å². The van der Waals surface area contributed by atoms with Gasteiger partial charge in [0.25, 0.3) is 5.91 Å². The second kappa shape index (κ2) is 6.07. The minimum Gasteiger partial charge on any atom is -0.511 e. The van der Waals surface area contributed by atoms with E-state index >= 15 is 0 Å². The van der Waals surface area contributed by atoms with E-state index in [9.17, 15) is 9.90 Å². The van der Waals surface area contributed by atoms with Crippen LogP contribution in [0, 0.1) is 11.3 Å². The number of hydrogen-bond acceptors (Lipinski definition) is 3. The quantitative estimate of drug-likeness (QED) is 0.381. The van der Waals surface area contributed by atoms with E-state index in [1.54, 1.807) is 18.2 Å². The van der Waals surface area contributed by atoms with Crippen LogP contribution in [0.15, 0.2) is 48.3 Å². The number of aliphatic hydroxyl groups is 1. The highest BCUT2D eigenvalue weighted by atomic mass is 16.3. The normalized spacial score (nSPS) is 12.1. The van der Waals surface area contributed by atoms with Gasteiger partial charge >= 0.3 is 0 Å². The molecule has 0 unspecified atom stereocenters. The van der Waals surface area contributed by atoms with Crippen molar-refractivity contribution < 1.29 is 9.90 Å². The van der Waals surface area contributed by atoms with Crippen molar-refractivity contribution in [1.29, 1.82) is 5.26 Å². The lowest BCUT2D eigenvalue weighted by atomic mass is 9.85. The largest absolute Gasteiger partial charge is 0.511 e. The van der Waals surface area contributed by atoms with Gasteiger partial charge in [0.15, 0.2) is 5.57 Å². The van der Waals surface area contributed by atoms with E-state index in [-0.39, 0.29) is 16.7 Å². The Bertz CT molecular complexity index is 586. The third-order valence-corrected chi connectivity index (χ3v) is 3.10. The first-order chi connectivity index (χ1) is 9.31. The second-order valence-electron chi connectivity index (χ2n) is 5.03. The van der Waals surface area contributed by atoms with Crippen LogP contribution in [-0.4, -0.2) is 11.0 Å². The van der Waals surface area contributed by atoms with Gasteiger partial charge in [0.05, 0.1) is 0 Å². The Morgan fingerprint density at radius 1 is 1.40 bits per heavy atom. The van der Waals surface area contributed by atoms with Gasteiger partial charge in [-0.2, -0.15) is 5.26 Å². The van der Waals surface area contributed by atoms with Crippen molar-refractivity contribution in [3.8, 4) is 6.07 Å². The zero-order valence-electron chi connectivity index (χ0n) is 11.9. The Morgan fingerprint density at radius 2 is 1.95 bits per heavy atom. The predicted molar refractivity (Wildman–Crippen MR) is 79.2 cm³/mol. The standard InChI is InChI=1S/C16H18N2O2/c1-5-16(3,4)12-6-8-13(9-7-12)18-15(20)14(10-17)11(2)19/h5-9,19H,1H2,2-4H3,(H,18,20)/b14-11-. The van der Waals surface area contributed by atoms with Crippen molar-refractivity contribution in [3.63, 3.8) is 0 Å². The number of rotatable bonds is 4. The molecule has 0 saturated heterocycles. The zero-order chi connectivity index (χ0) is 15.3. The third kappa shape index (κ3) is 3.48. The lowest BCUT2D eigenvalue weighted by molar-refractivity contribution is -0.112. The minimum atomic E-state index is -0.622. The molecule has 0 atom stereocenters. The Balaban J connectivity index is 2.92. The maximum Gasteiger partial charge on any atom is 0.269 e. The smallest absolute Gasteiger partial charge is 0.269 e. The summed E-state index contributed by atoms with van der Waals surface area (Å²) in [5.41, 5.74) is 1.19. The zero-order valence-corrected chi connectivity index (χ0v) is 11.9. The fraction of sp³-hybridized carbons (Fsp3) is 0.250. The van der Waals surface area contributed by atoms with E-state index in [4.69, 9.17) is 5.26 Å². The second-order valence-corrected chi connectivity index (χ2v) is 5.03. The number of hydrogen-bond donors (Lipinski definition) is 2. The van der Waals surface area contributed by atoms with Gasteiger partial charge < -0.3 is 10.4 Å². The van der Waals surface area contributed by atoms with Gasteiger partial charge in [-0.05, 0) is 24.6 Å². The molecule has 0 aliphatic carbocycles. The van der Waals surface area contributed by atoms with Crippen molar-refractivity contribution in [1.82, 2.24) is 0 Å². The first-order valence-corrected chi connectivity index (χ1v) is 6.17. The van der Waals surface area contributed by atoms with Crippen LogP contribution in [0.5, 0.6) is 0 Å². The Morgan fingerprint density at radius 3 is 2.35 bits per heavy atom. The molecule has 4 heteroatoms. The first kappa shape index (κ1) is 15.5. The van der Waals surface area contributed by atoms with Crippen molar-refractivity contribution in [3.05, 3.63) is 53.8 Å². The molecule has 0 radical (unpaired) electrons. The SMILES string of the molecule is C=CC(C)(C)c1ccc(NC(=O)/C(C#N)=C(/C)O)cc1. The average Bonchev–Trinajstić information content (AvgIpc) is 2.39. The summed E-state index contributed by atoms with van der Waals surface area (Å²) in [6, 6.07) is 8.95. The number of amides is 1. The van der Waals surface area contributed by atoms with Crippen LogP contribution in [0.25, 0.3) is 0 Å². The molecule has 0 heterocycles. The summed E-state index contributed by atoms with van der Waals surface area (Å²) < 4.78 is 0. The van der Waals surface area contributed by atoms with E-state index in [2.05, 4.69) is 11.9 Å². The van der Waals surface area contributed by atoms with Crippen LogP contribution in [0.3, 0.4) is 0 Å². The molecule has 0 aliphatic heterocycles. The van der Waals surface area contributed by atoms with Crippen molar-refractivity contribution in [2.24, 2.45) is 0 Å². The van der Waals surface area contributed by atoms with Crippen LogP contribution in [0.4, 0.5) is 5.69 Å².